The zero-order chi connectivity index (χ0) is 23.2. The number of nitrogens with zero attached hydrogens (tertiary/aromatic N) is 4. The lowest BCUT2D eigenvalue weighted by atomic mass is 9.78. The Balaban J connectivity index is 1.54. The quantitative estimate of drug-likeness (QED) is 0.483. The molecule has 1 fully saturated rings. The van der Waals surface area contributed by atoms with Gasteiger partial charge in [-0.05, 0) is 61.6 Å². The first-order valence-corrected chi connectivity index (χ1v) is 12.6. The van der Waals surface area contributed by atoms with Crippen LogP contribution in [0.15, 0.2) is 53.9 Å². The fourth-order valence-electron chi connectivity index (χ4n) is 4.31. The van der Waals surface area contributed by atoms with Crippen LogP contribution in [0.5, 0.6) is 5.75 Å². The van der Waals surface area contributed by atoms with Crippen LogP contribution in [-0.2, 0) is 4.79 Å². The van der Waals surface area contributed by atoms with Crippen molar-refractivity contribution in [2.24, 2.45) is 11.8 Å². The molecule has 0 radical (unpaired) electrons. The average molecular weight is 466 g/mol. The van der Waals surface area contributed by atoms with Crippen LogP contribution in [0, 0.1) is 11.8 Å². The molecule has 1 aliphatic rings. The highest BCUT2D eigenvalue weighted by atomic mass is 32.2. The van der Waals surface area contributed by atoms with Crippen LogP contribution >= 0.6 is 11.8 Å². The monoisotopic (exact) mass is 465 g/mol. The van der Waals surface area contributed by atoms with Crippen molar-refractivity contribution in [2.75, 3.05) is 12.4 Å². The minimum absolute atomic E-state index is 0.0395. The second-order valence-electron chi connectivity index (χ2n) is 8.53. The number of carbonyl (C=O) groups is 1. The molecule has 3 unspecified atom stereocenters. The van der Waals surface area contributed by atoms with Crippen molar-refractivity contribution in [2.45, 2.75) is 51.2 Å². The number of hydrogen-bond donors (Lipinski definition) is 1. The summed E-state index contributed by atoms with van der Waals surface area (Å²) in [6, 6.07) is 11.9. The number of rotatable bonds is 8. The summed E-state index contributed by atoms with van der Waals surface area (Å²) in [6.45, 7) is 7.09. The molecular weight excluding hydrogens is 434 g/mol. The number of hydrogen-bond acceptors (Lipinski definition) is 6. The van der Waals surface area contributed by atoms with Gasteiger partial charge in [0.05, 0.1) is 12.4 Å². The minimum Gasteiger partial charge on any atom is -0.494 e. The molecule has 7 nitrogen and oxygen atoms in total. The molecule has 0 aliphatic heterocycles. The van der Waals surface area contributed by atoms with Crippen molar-refractivity contribution in [3.05, 3.63) is 48.8 Å². The van der Waals surface area contributed by atoms with Crippen molar-refractivity contribution in [3.63, 3.8) is 0 Å². The molecule has 1 aromatic carbocycles. The van der Waals surface area contributed by atoms with Crippen molar-refractivity contribution in [1.29, 1.82) is 0 Å². The Hall–Kier alpha value is -2.87. The number of nitrogens with one attached hydrogen (secondary N) is 1. The summed E-state index contributed by atoms with van der Waals surface area (Å²) in [5.41, 5.74) is 1.82. The van der Waals surface area contributed by atoms with Gasteiger partial charge in [0.2, 0.25) is 5.91 Å². The second kappa shape index (κ2) is 10.8. The lowest BCUT2D eigenvalue weighted by Crippen LogP contribution is -2.44. The van der Waals surface area contributed by atoms with E-state index >= 15 is 0 Å². The third-order valence-electron chi connectivity index (χ3n) is 6.36. The highest BCUT2D eigenvalue weighted by Crippen LogP contribution is 2.31. The number of carbonyl (C=O) groups excluding carboxylic acids is 1. The fraction of sp³-hybridized carbons (Fsp3) is 0.440. The molecule has 0 saturated heterocycles. The zero-order valence-electron chi connectivity index (χ0n) is 19.4. The van der Waals surface area contributed by atoms with E-state index in [2.05, 4.69) is 34.3 Å². The van der Waals surface area contributed by atoms with Gasteiger partial charge < -0.3 is 10.1 Å². The van der Waals surface area contributed by atoms with Crippen LogP contribution in [-0.4, -0.2) is 44.1 Å². The van der Waals surface area contributed by atoms with Crippen molar-refractivity contribution in [1.82, 2.24) is 25.1 Å². The number of pyridine rings is 1. The third-order valence-corrected chi connectivity index (χ3v) is 7.29. The van der Waals surface area contributed by atoms with E-state index in [1.165, 1.54) is 24.6 Å². The van der Waals surface area contributed by atoms with E-state index in [9.17, 15) is 4.79 Å². The van der Waals surface area contributed by atoms with Crippen LogP contribution in [0.1, 0.15) is 40.0 Å². The van der Waals surface area contributed by atoms with E-state index in [-0.39, 0.29) is 11.9 Å². The van der Waals surface area contributed by atoms with Crippen molar-refractivity contribution in [3.8, 4) is 22.8 Å². The standard InChI is InChI=1S/C25H31N5O2S/c1-4-32-21-10-8-20(9-11-21)30-24(19-12-14-26-15-13-19)28-29-25(30)33-16-23(31)27-22-7-5-6-17(2)18(22)3/h8-15,17-18,22H,4-7,16H2,1-3H3,(H,27,31). The molecule has 3 aromatic rings. The summed E-state index contributed by atoms with van der Waals surface area (Å²) >= 11 is 1.40. The Morgan fingerprint density at radius 3 is 2.61 bits per heavy atom. The predicted molar refractivity (Wildman–Crippen MR) is 131 cm³/mol. The smallest absolute Gasteiger partial charge is 0.230 e. The summed E-state index contributed by atoms with van der Waals surface area (Å²) in [7, 11) is 0. The maximum atomic E-state index is 12.8. The van der Waals surface area contributed by atoms with Gasteiger partial charge in [0.25, 0.3) is 0 Å². The van der Waals surface area contributed by atoms with E-state index in [1.54, 1.807) is 12.4 Å². The Bertz CT molecular complexity index is 1050. The molecule has 0 spiro atoms. The molecule has 0 bridgehead atoms. The van der Waals surface area contributed by atoms with E-state index in [0.717, 1.165) is 23.4 Å². The van der Waals surface area contributed by atoms with Gasteiger partial charge in [0.15, 0.2) is 11.0 Å². The molecule has 8 heteroatoms. The van der Waals surface area contributed by atoms with Crippen molar-refractivity contribution >= 4 is 17.7 Å². The number of ether oxygens (including phenoxy) is 1. The topological polar surface area (TPSA) is 81.9 Å². The molecule has 1 N–H and O–H groups in total. The van der Waals surface area contributed by atoms with Crippen LogP contribution in [0.25, 0.3) is 17.1 Å². The Morgan fingerprint density at radius 2 is 1.88 bits per heavy atom. The first-order valence-electron chi connectivity index (χ1n) is 11.6. The van der Waals surface area contributed by atoms with Gasteiger partial charge in [-0.3, -0.25) is 14.3 Å². The summed E-state index contributed by atoms with van der Waals surface area (Å²) < 4.78 is 7.56. The zero-order valence-corrected chi connectivity index (χ0v) is 20.2. The summed E-state index contributed by atoms with van der Waals surface area (Å²) in [5.74, 6) is 2.99. The predicted octanol–water partition coefficient (Wildman–Crippen LogP) is 4.76. The van der Waals surface area contributed by atoms with Gasteiger partial charge in [-0.15, -0.1) is 10.2 Å². The molecule has 174 valence electrons. The summed E-state index contributed by atoms with van der Waals surface area (Å²) in [4.78, 5) is 16.9. The maximum Gasteiger partial charge on any atom is 0.230 e. The first-order chi connectivity index (χ1) is 16.1. The van der Waals surface area contributed by atoms with Gasteiger partial charge in [-0.25, -0.2) is 0 Å². The number of thioether (sulfide) groups is 1. The van der Waals surface area contributed by atoms with Gasteiger partial charge in [-0.1, -0.05) is 38.5 Å². The lowest BCUT2D eigenvalue weighted by molar-refractivity contribution is -0.120. The maximum absolute atomic E-state index is 12.8. The molecule has 2 aromatic heterocycles. The van der Waals surface area contributed by atoms with E-state index in [1.807, 2.05) is 47.9 Å². The van der Waals surface area contributed by atoms with Gasteiger partial charge in [0, 0.05) is 29.7 Å². The Morgan fingerprint density at radius 1 is 1.12 bits per heavy atom. The Labute approximate surface area is 199 Å². The molecule has 1 amide bonds. The molecular formula is C25H31N5O2S. The average Bonchev–Trinajstić information content (AvgIpc) is 3.26. The highest BCUT2D eigenvalue weighted by molar-refractivity contribution is 7.99. The van der Waals surface area contributed by atoms with E-state index in [0.29, 0.717) is 35.2 Å². The van der Waals surface area contributed by atoms with Crippen LogP contribution < -0.4 is 10.1 Å². The van der Waals surface area contributed by atoms with Gasteiger partial charge in [0.1, 0.15) is 5.75 Å². The SMILES string of the molecule is CCOc1ccc(-n2c(SCC(=O)NC3CCCC(C)C3C)nnc2-c2ccncc2)cc1. The van der Waals surface area contributed by atoms with Crippen LogP contribution in [0.3, 0.4) is 0 Å². The normalized spacial score (nSPS) is 20.4. The van der Waals surface area contributed by atoms with E-state index < -0.39 is 0 Å². The first kappa shape index (κ1) is 23.3. The van der Waals surface area contributed by atoms with Crippen molar-refractivity contribution < 1.29 is 9.53 Å². The number of benzene rings is 1. The van der Waals surface area contributed by atoms with Gasteiger partial charge in [-0.2, -0.15) is 0 Å². The van der Waals surface area contributed by atoms with Crippen LogP contribution in [0.2, 0.25) is 0 Å². The molecule has 1 saturated carbocycles. The highest BCUT2D eigenvalue weighted by Gasteiger charge is 2.28. The largest absolute Gasteiger partial charge is 0.494 e. The molecule has 3 atom stereocenters. The molecule has 2 heterocycles. The lowest BCUT2D eigenvalue weighted by Gasteiger charge is -2.34. The molecule has 33 heavy (non-hydrogen) atoms. The summed E-state index contributed by atoms with van der Waals surface area (Å²) in [5, 5.41) is 12.8. The van der Waals surface area contributed by atoms with Crippen LogP contribution in [0.4, 0.5) is 0 Å². The minimum atomic E-state index is 0.0395. The van der Waals surface area contributed by atoms with E-state index in [4.69, 9.17) is 4.74 Å². The number of amides is 1. The number of aromatic nitrogens is 4. The third kappa shape index (κ3) is 5.55. The van der Waals surface area contributed by atoms with Gasteiger partial charge >= 0.3 is 0 Å². The molecule has 1 aliphatic carbocycles. The Kier molecular flexibility index (Phi) is 7.65. The second-order valence-corrected chi connectivity index (χ2v) is 9.48. The molecule has 4 rings (SSSR count). The fourth-order valence-corrected chi connectivity index (χ4v) is 5.07. The summed E-state index contributed by atoms with van der Waals surface area (Å²) in [6.07, 6.45) is 6.94.